The van der Waals surface area contributed by atoms with Gasteiger partial charge < -0.3 is 10.2 Å². The molecule has 1 unspecified atom stereocenters. The fraction of sp³-hybridized carbons (Fsp3) is 0.480. The second-order valence-corrected chi connectivity index (χ2v) is 9.25. The number of carboxylic acid groups (broad SMARTS) is 1. The summed E-state index contributed by atoms with van der Waals surface area (Å²) >= 11 is 0. The van der Waals surface area contributed by atoms with Gasteiger partial charge in [0.1, 0.15) is 5.75 Å². The van der Waals surface area contributed by atoms with E-state index in [1.807, 2.05) is 18.2 Å². The molecule has 4 atom stereocenters. The van der Waals surface area contributed by atoms with E-state index >= 15 is 0 Å². The Balaban J connectivity index is 1.59. The zero-order chi connectivity index (χ0) is 21.3. The van der Waals surface area contributed by atoms with Gasteiger partial charge in [0.05, 0.1) is 6.42 Å². The molecule has 0 saturated carbocycles. The van der Waals surface area contributed by atoms with E-state index < -0.39 is 5.97 Å². The number of carboxylic acids is 1. The lowest BCUT2D eigenvalue weighted by Crippen LogP contribution is -2.61. The van der Waals surface area contributed by atoms with E-state index in [2.05, 4.69) is 54.0 Å². The highest BCUT2D eigenvalue weighted by atomic mass is 16.4. The average molecular weight is 409 g/mol. The van der Waals surface area contributed by atoms with Crippen LogP contribution in [0, 0.1) is 5.92 Å². The van der Waals surface area contributed by atoms with Crippen molar-refractivity contribution in [2.45, 2.75) is 44.2 Å². The lowest BCUT2D eigenvalue weighted by atomic mass is 9.65. The van der Waals surface area contributed by atoms with Gasteiger partial charge >= 0.3 is 5.97 Å². The van der Waals surface area contributed by atoms with Crippen LogP contribution in [0.5, 0.6) is 5.75 Å². The Morgan fingerprint density at radius 2 is 1.87 bits per heavy atom. The number of piperazine rings is 1. The Bertz CT molecular complexity index is 887. The van der Waals surface area contributed by atoms with Crippen molar-refractivity contribution >= 4 is 5.97 Å². The summed E-state index contributed by atoms with van der Waals surface area (Å²) in [6, 6.07) is 18.8. The van der Waals surface area contributed by atoms with Gasteiger partial charge in [-0.3, -0.25) is 14.6 Å². The van der Waals surface area contributed by atoms with Gasteiger partial charge in [0.25, 0.3) is 0 Å². The van der Waals surface area contributed by atoms with Crippen molar-refractivity contribution in [1.82, 2.24) is 9.80 Å². The number of hydrogen-bond acceptors (Lipinski definition) is 4. The molecule has 0 radical (unpaired) electrons. The van der Waals surface area contributed by atoms with Crippen LogP contribution in [-0.4, -0.2) is 58.2 Å². The van der Waals surface area contributed by atoms with E-state index in [9.17, 15) is 15.0 Å². The second kappa shape index (κ2) is 8.40. The van der Waals surface area contributed by atoms with E-state index in [1.54, 1.807) is 6.07 Å². The third-order valence-electron chi connectivity index (χ3n) is 7.37. The van der Waals surface area contributed by atoms with Gasteiger partial charge in [-0.25, -0.2) is 0 Å². The lowest BCUT2D eigenvalue weighted by Gasteiger charge is -2.55. The van der Waals surface area contributed by atoms with E-state index in [0.29, 0.717) is 24.3 Å². The molecule has 5 heteroatoms. The van der Waals surface area contributed by atoms with Crippen LogP contribution >= 0.6 is 0 Å². The lowest BCUT2D eigenvalue weighted by molar-refractivity contribution is -0.138. The summed E-state index contributed by atoms with van der Waals surface area (Å²) in [7, 11) is 0. The Kier molecular flexibility index (Phi) is 5.85. The maximum Gasteiger partial charge on any atom is 0.304 e. The molecule has 30 heavy (non-hydrogen) atoms. The van der Waals surface area contributed by atoms with Crippen LogP contribution in [0.1, 0.15) is 43.9 Å². The van der Waals surface area contributed by atoms with Crippen molar-refractivity contribution in [3.05, 3.63) is 65.7 Å². The number of phenolic OH excluding ortho intramolecular Hbond substituents is 1. The molecule has 0 amide bonds. The van der Waals surface area contributed by atoms with Crippen molar-refractivity contribution in [2.24, 2.45) is 5.92 Å². The fourth-order valence-electron chi connectivity index (χ4n) is 5.40. The first kappa shape index (κ1) is 20.9. The first-order valence-corrected chi connectivity index (χ1v) is 10.9. The minimum absolute atomic E-state index is 0.0159. The monoisotopic (exact) mass is 408 g/mol. The largest absolute Gasteiger partial charge is 0.508 e. The molecule has 2 N–H and O–H groups in total. The van der Waals surface area contributed by atoms with Gasteiger partial charge in [-0.1, -0.05) is 56.3 Å². The molecular formula is C25H32N2O3. The van der Waals surface area contributed by atoms with Crippen LogP contribution in [0.15, 0.2) is 54.6 Å². The van der Waals surface area contributed by atoms with E-state index in [1.165, 1.54) is 11.1 Å². The minimum Gasteiger partial charge on any atom is -0.508 e. The first-order chi connectivity index (χ1) is 14.4. The molecule has 0 spiro atoms. The molecule has 0 aromatic heterocycles. The molecule has 0 aliphatic carbocycles. The zero-order valence-corrected chi connectivity index (χ0v) is 17.9. The molecule has 2 saturated heterocycles. The van der Waals surface area contributed by atoms with Gasteiger partial charge in [-0.2, -0.15) is 0 Å². The number of carbonyl (C=O) groups is 1. The summed E-state index contributed by atoms with van der Waals surface area (Å²) in [5, 5.41) is 19.3. The van der Waals surface area contributed by atoms with Crippen molar-refractivity contribution < 1.29 is 15.0 Å². The van der Waals surface area contributed by atoms with E-state index in [-0.39, 0.29) is 17.9 Å². The molecule has 2 heterocycles. The summed E-state index contributed by atoms with van der Waals surface area (Å²) in [6.45, 7) is 8.00. The van der Waals surface area contributed by atoms with E-state index in [4.69, 9.17) is 0 Å². The topological polar surface area (TPSA) is 64.0 Å². The van der Waals surface area contributed by atoms with Crippen LogP contribution in [0.3, 0.4) is 0 Å². The predicted octanol–water partition coefficient (Wildman–Crippen LogP) is 3.89. The van der Waals surface area contributed by atoms with Gasteiger partial charge in [0.2, 0.25) is 0 Å². The predicted molar refractivity (Wildman–Crippen MR) is 118 cm³/mol. The highest BCUT2D eigenvalue weighted by molar-refractivity contribution is 5.66. The highest BCUT2D eigenvalue weighted by Gasteiger charge is 2.46. The Labute approximate surface area is 178 Å². The van der Waals surface area contributed by atoms with Crippen molar-refractivity contribution in [1.29, 1.82) is 0 Å². The summed E-state index contributed by atoms with van der Waals surface area (Å²) in [5.74, 6) is 0.0304. The molecular weight excluding hydrogens is 376 g/mol. The van der Waals surface area contributed by atoms with Gasteiger partial charge in [0.15, 0.2) is 0 Å². The van der Waals surface area contributed by atoms with Crippen molar-refractivity contribution in [2.75, 3.05) is 26.2 Å². The Morgan fingerprint density at radius 1 is 1.10 bits per heavy atom. The zero-order valence-electron chi connectivity index (χ0n) is 17.9. The fourth-order valence-corrected chi connectivity index (χ4v) is 5.40. The summed E-state index contributed by atoms with van der Waals surface area (Å²) in [6.07, 6.45) is 1.17. The Hall–Kier alpha value is -2.37. The molecule has 2 fully saturated rings. The number of aliphatic carboxylic acids is 1. The van der Waals surface area contributed by atoms with Crippen LogP contribution in [-0.2, 0) is 10.2 Å². The number of phenols is 1. The third kappa shape index (κ3) is 4.09. The number of piperidine rings is 1. The van der Waals surface area contributed by atoms with Crippen molar-refractivity contribution in [3.8, 4) is 5.75 Å². The van der Waals surface area contributed by atoms with E-state index in [0.717, 1.165) is 26.1 Å². The quantitative estimate of drug-likeness (QED) is 0.786. The standard InChI is InChI=1S/C25H32N2O3/c1-18-15-27-17-23(19-7-4-3-5-8-19)26(12-11-24(29)30)16-21(27)14-25(18,2)20-9-6-10-22(28)13-20/h3-10,13,18,21,23,28H,11-12,14-17H2,1-2H3,(H,29,30)/t18-,21+,23+,25?/m0/s1. The van der Waals surface area contributed by atoms with Gasteiger partial charge in [-0.05, 0) is 41.0 Å². The molecule has 2 aliphatic rings. The number of aromatic hydroxyl groups is 1. The smallest absolute Gasteiger partial charge is 0.304 e. The molecule has 0 bridgehead atoms. The van der Waals surface area contributed by atoms with Crippen LogP contribution in [0.2, 0.25) is 0 Å². The number of hydrogen-bond donors (Lipinski definition) is 2. The summed E-state index contributed by atoms with van der Waals surface area (Å²) in [4.78, 5) is 16.2. The molecule has 2 aromatic rings. The summed E-state index contributed by atoms with van der Waals surface area (Å²) < 4.78 is 0. The Morgan fingerprint density at radius 3 is 2.57 bits per heavy atom. The average Bonchev–Trinajstić information content (AvgIpc) is 2.73. The normalized spacial score (nSPS) is 30.0. The van der Waals surface area contributed by atoms with Gasteiger partial charge in [-0.15, -0.1) is 0 Å². The summed E-state index contributed by atoms with van der Waals surface area (Å²) in [5.41, 5.74) is 2.44. The highest BCUT2D eigenvalue weighted by Crippen LogP contribution is 2.45. The maximum absolute atomic E-state index is 11.3. The van der Waals surface area contributed by atoms with Gasteiger partial charge in [0, 0.05) is 38.3 Å². The van der Waals surface area contributed by atoms with Crippen molar-refractivity contribution in [3.63, 3.8) is 0 Å². The molecule has 2 aromatic carbocycles. The number of benzene rings is 2. The van der Waals surface area contributed by atoms with Crippen LogP contribution in [0.25, 0.3) is 0 Å². The molecule has 4 rings (SSSR count). The second-order valence-electron chi connectivity index (χ2n) is 9.25. The number of nitrogens with zero attached hydrogens (tertiary/aromatic N) is 2. The number of rotatable bonds is 5. The minimum atomic E-state index is -0.744. The van der Waals surface area contributed by atoms with Crippen LogP contribution < -0.4 is 0 Å². The first-order valence-electron chi connectivity index (χ1n) is 10.9. The third-order valence-corrected chi connectivity index (χ3v) is 7.37. The van der Waals surface area contributed by atoms with Crippen LogP contribution in [0.4, 0.5) is 0 Å². The molecule has 160 valence electrons. The number of fused-ring (bicyclic) bond motifs is 1. The molecule has 2 aliphatic heterocycles. The SMILES string of the molecule is C[C@H]1CN2C[C@H](c3ccccc3)N(CCC(=O)O)C[C@H]2CC1(C)c1cccc(O)c1. The molecule has 5 nitrogen and oxygen atoms in total. The maximum atomic E-state index is 11.3.